The van der Waals surface area contributed by atoms with Gasteiger partial charge in [-0.25, -0.2) is 0 Å². The van der Waals surface area contributed by atoms with E-state index in [4.69, 9.17) is 9.47 Å². The van der Waals surface area contributed by atoms with E-state index in [2.05, 4.69) is 0 Å². The standard InChI is InChI=1S/C21H19F3O5/c1-12(25)19(13(2)26)20(27)14(3)28-16-8-10-18(11-9-16)29-17-6-4-15(5-7-17)21(22,23)24/h4-11,14,19H,1-3H3. The zero-order valence-corrected chi connectivity index (χ0v) is 15.9. The Kier molecular flexibility index (Phi) is 6.79. The number of carbonyl (C=O) groups excluding carboxylic acids is 3. The zero-order chi connectivity index (χ0) is 21.8. The van der Waals surface area contributed by atoms with Gasteiger partial charge in [-0.2, -0.15) is 13.2 Å². The van der Waals surface area contributed by atoms with Crippen LogP contribution in [-0.4, -0.2) is 23.5 Å². The molecule has 8 heteroatoms. The third-order valence-electron chi connectivity index (χ3n) is 4.05. The summed E-state index contributed by atoms with van der Waals surface area (Å²) < 4.78 is 48.7. The maximum Gasteiger partial charge on any atom is 0.416 e. The first-order valence-corrected chi connectivity index (χ1v) is 8.65. The third-order valence-corrected chi connectivity index (χ3v) is 4.05. The number of halogens is 3. The first-order chi connectivity index (χ1) is 13.5. The SMILES string of the molecule is CC(=O)C(C(C)=O)C(=O)C(C)Oc1ccc(Oc2ccc(C(F)(F)F)cc2)cc1. The van der Waals surface area contributed by atoms with Gasteiger partial charge >= 0.3 is 6.18 Å². The van der Waals surface area contributed by atoms with Gasteiger partial charge in [0.1, 0.15) is 34.7 Å². The van der Waals surface area contributed by atoms with Gasteiger partial charge in [-0.15, -0.1) is 0 Å². The summed E-state index contributed by atoms with van der Waals surface area (Å²) in [5.74, 6) is -2.20. The van der Waals surface area contributed by atoms with Gasteiger partial charge in [0.25, 0.3) is 0 Å². The summed E-state index contributed by atoms with van der Waals surface area (Å²) in [6, 6.07) is 10.3. The fourth-order valence-electron chi connectivity index (χ4n) is 2.62. The highest BCUT2D eigenvalue weighted by molar-refractivity contribution is 6.19. The molecule has 0 aliphatic rings. The number of carbonyl (C=O) groups is 3. The van der Waals surface area contributed by atoms with Crippen molar-refractivity contribution in [2.75, 3.05) is 0 Å². The van der Waals surface area contributed by atoms with E-state index in [-0.39, 0.29) is 5.75 Å². The zero-order valence-electron chi connectivity index (χ0n) is 15.9. The van der Waals surface area contributed by atoms with Crippen LogP contribution < -0.4 is 9.47 Å². The highest BCUT2D eigenvalue weighted by Gasteiger charge is 2.32. The molecule has 0 radical (unpaired) electrons. The number of alkyl halides is 3. The van der Waals surface area contributed by atoms with E-state index in [0.29, 0.717) is 11.5 Å². The van der Waals surface area contributed by atoms with Crippen molar-refractivity contribution in [3.8, 4) is 17.2 Å². The molecule has 1 unspecified atom stereocenters. The molecule has 0 amide bonds. The number of rotatable bonds is 8. The van der Waals surface area contributed by atoms with Crippen molar-refractivity contribution < 1.29 is 37.0 Å². The van der Waals surface area contributed by atoms with Crippen LogP contribution in [0, 0.1) is 5.92 Å². The molecule has 5 nitrogen and oxygen atoms in total. The Hall–Kier alpha value is -3.16. The molecular formula is C21H19F3O5. The van der Waals surface area contributed by atoms with E-state index in [1.165, 1.54) is 57.2 Å². The summed E-state index contributed by atoms with van der Waals surface area (Å²) >= 11 is 0. The number of benzene rings is 2. The van der Waals surface area contributed by atoms with E-state index < -0.39 is 41.1 Å². The molecule has 2 aromatic rings. The molecule has 0 fully saturated rings. The smallest absolute Gasteiger partial charge is 0.416 e. The second kappa shape index (κ2) is 8.89. The quantitative estimate of drug-likeness (QED) is 0.596. The number of Topliss-reactive ketones (excluding diaryl/α,β-unsaturated/α-hetero) is 3. The molecule has 0 saturated heterocycles. The molecule has 154 valence electrons. The molecule has 0 bridgehead atoms. The maximum atomic E-state index is 12.6. The monoisotopic (exact) mass is 408 g/mol. The van der Waals surface area contributed by atoms with Gasteiger partial charge < -0.3 is 9.47 Å². The van der Waals surface area contributed by atoms with Gasteiger partial charge in [0, 0.05) is 0 Å². The van der Waals surface area contributed by atoms with Gasteiger partial charge in [-0.05, 0) is 69.3 Å². The second-order valence-electron chi connectivity index (χ2n) is 6.41. The first kappa shape index (κ1) is 22.1. The van der Waals surface area contributed by atoms with Crippen LogP contribution in [0.3, 0.4) is 0 Å². The fraction of sp³-hybridized carbons (Fsp3) is 0.286. The molecule has 0 heterocycles. The van der Waals surface area contributed by atoms with Crippen LogP contribution in [0.2, 0.25) is 0 Å². The second-order valence-corrected chi connectivity index (χ2v) is 6.41. The van der Waals surface area contributed by atoms with Crippen LogP contribution in [-0.2, 0) is 20.6 Å². The minimum absolute atomic E-state index is 0.223. The molecule has 2 aromatic carbocycles. The van der Waals surface area contributed by atoms with Crippen LogP contribution in [0.5, 0.6) is 17.2 Å². The third kappa shape index (κ3) is 5.91. The number of ether oxygens (including phenoxy) is 2. The Morgan fingerprint density at radius 3 is 1.62 bits per heavy atom. The van der Waals surface area contributed by atoms with Crippen LogP contribution in [0.4, 0.5) is 13.2 Å². The summed E-state index contributed by atoms with van der Waals surface area (Å²) in [6.07, 6.45) is -5.44. The normalized spacial score (nSPS) is 12.4. The molecule has 0 spiro atoms. The van der Waals surface area contributed by atoms with E-state index in [9.17, 15) is 27.6 Å². The Labute approximate surface area is 165 Å². The van der Waals surface area contributed by atoms with Crippen molar-refractivity contribution >= 4 is 17.3 Å². The molecule has 2 rings (SSSR count). The van der Waals surface area contributed by atoms with Gasteiger partial charge in [0.2, 0.25) is 0 Å². The van der Waals surface area contributed by atoms with Crippen LogP contribution in [0.25, 0.3) is 0 Å². The average Bonchev–Trinajstić information content (AvgIpc) is 2.62. The number of hydrogen-bond acceptors (Lipinski definition) is 5. The van der Waals surface area contributed by atoms with Crippen molar-refractivity contribution in [2.24, 2.45) is 5.92 Å². The summed E-state index contributed by atoms with van der Waals surface area (Å²) in [4.78, 5) is 35.3. The maximum absolute atomic E-state index is 12.6. The lowest BCUT2D eigenvalue weighted by Gasteiger charge is -2.17. The molecule has 0 aromatic heterocycles. The van der Waals surface area contributed by atoms with Crippen LogP contribution in [0.15, 0.2) is 48.5 Å². The molecule has 29 heavy (non-hydrogen) atoms. The lowest BCUT2D eigenvalue weighted by Crippen LogP contribution is -2.37. The Morgan fingerprint density at radius 1 is 0.793 bits per heavy atom. The van der Waals surface area contributed by atoms with E-state index in [1.807, 2.05) is 0 Å². The molecule has 0 aliphatic heterocycles. The lowest BCUT2D eigenvalue weighted by atomic mass is 9.93. The largest absolute Gasteiger partial charge is 0.483 e. The van der Waals surface area contributed by atoms with Crippen molar-refractivity contribution in [1.29, 1.82) is 0 Å². The van der Waals surface area contributed by atoms with E-state index in [0.717, 1.165) is 12.1 Å². The highest BCUT2D eigenvalue weighted by atomic mass is 19.4. The van der Waals surface area contributed by atoms with Crippen molar-refractivity contribution in [3.63, 3.8) is 0 Å². The summed E-state index contributed by atoms with van der Waals surface area (Å²) in [5, 5.41) is 0. The predicted octanol–water partition coefficient (Wildman–Crippen LogP) is 4.63. The summed E-state index contributed by atoms with van der Waals surface area (Å²) in [6.45, 7) is 3.78. The lowest BCUT2D eigenvalue weighted by molar-refractivity contribution is -0.141. The predicted molar refractivity (Wildman–Crippen MR) is 97.9 cm³/mol. The first-order valence-electron chi connectivity index (χ1n) is 8.65. The molecule has 0 N–H and O–H groups in total. The van der Waals surface area contributed by atoms with Gasteiger partial charge in [0.05, 0.1) is 5.56 Å². The Morgan fingerprint density at radius 2 is 1.21 bits per heavy atom. The summed E-state index contributed by atoms with van der Waals surface area (Å²) in [5.41, 5.74) is -0.776. The number of hydrogen-bond donors (Lipinski definition) is 0. The topological polar surface area (TPSA) is 69.7 Å². The Balaban J connectivity index is 2.02. The van der Waals surface area contributed by atoms with Crippen LogP contribution >= 0.6 is 0 Å². The molecule has 0 aliphatic carbocycles. The van der Waals surface area contributed by atoms with Crippen LogP contribution in [0.1, 0.15) is 26.3 Å². The average molecular weight is 408 g/mol. The molecular weight excluding hydrogens is 389 g/mol. The van der Waals surface area contributed by atoms with Gasteiger partial charge in [-0.3, -0.25) is 14.4 Å². The minimum atomic E-state index is -4.42. The fourth-order valence-corrected chi connectivity index (χ4v) is 2.62. The van der Waals surface area contributed by atoms with Crippen molar-refractivity contribution in [1.82, 2.24) is 0 Å². The summed E-state index contributed by atoms with van der Waals surface area (Å²) in [7, 11) is 0. The Bertz CT molecular complexity index is 872. The van der Waals surface area contributed by atoms with Gasteiger partial charge in [-0.1, -0.05) is 0 Å². The minimum Gasteiger partial charge on any atom is -0.483 e. The van der Waals surface area contributed by atoms with Crippen molar-refractivity contribution in [2.45, 2.75) is 33.1 Å². The number of ketones is 3. The molecule has 1 atom stereocenters. The van der Waals surface area contributed by atoms with Crippen molar-refractivity contribution in [3.05, 3.63) is 54.1 Å². The highest BCUT2D eigenvalue weighted by Crippen LogP contribution is 2.31. The van der Waals surface area contributed by atoms with E-state index in [1.54, 1.807) is 0 Å². The van der Waals surface area contributed by atoms with E-state index >= 15 is 0 Å². The molecule has 0 saturated carbocycles. The van der Waals surface area contributed by atoms with Gasteiger partial charge in [0.15, 0.2) is 11.9 Å².